The third-order valence-electron chi connectivity index (χ3n) is 2.88. The zero-order chi connectivity index (χ0) is 10.4. The van der Waals surface area contributed by atoms with Crippen LogP contribution in [0.3, 0.4) is 0 Å². The first-order valence-electron chi connectivity index (χ1n) is 5.40. The molecule has 0 bridgehead atoms. The van der Waals surface area contributed by atoms with Crippen molar-refractivity contribution in [3.8, 4) is 0 Å². The molecule has 3 rings (SSSR count). The fourth-order valence-corrected chi connectivity index (χ4v) is 1.75. The molecule has 1 heterocycles. The molecule has 1 atom stereocenters. The predicted octanol–water partition coefficient (Wildman–Crippen LogP) is 2.72. The van der Waals surface area contributed by atoms with E-state index in [2.05, 4.69) is 4.98 Å². The van der Waals surface area contributed by atoms with E-state index in [1.54, 1.807) is 0 Å². The lowest BCUT2D eigenvalue weighted by atomic mass is 10.1. The van der Waals surface area contributed by atoms with Crippen molar-refractivity contribution in [3.05, 3.63) is 29.7 Å². The van der Waals surface area contributed by atoms with Crippen molar-refractivity contribution in [1.82, 2.24) is 4.98 Å². The Morgan fingerprint density at radius 1 is 1.47 bits per heavy atom. The molecule has 1 aromatic heterocycles. The summed E-state index contributed by atoms with van der Waals surface area (Å²) < 4.78 is 5.67. The summed E-state index contributed by atoms with van der Waals surface area (Å²) in [7, 11) is 0. The van der Waals surface area contributed by atoms with Crippen LogP contribution in [0.15, 0.2) is 22.6 Å². The average Bonchev–Trinajstić information content (AvgIpc) is 2.97. The Hall–Kier alpha value is -1.35. The maximum absolute atomic E-state index is 5.83. The molecule has 15 heavy (non-hydrogen) atoms. The molecule has 78 valence electrons. The third-order valence-corrected chi connectivity index (χ3v) is 2.88. The van der Waals surface area contributed by atoms with Gasteiger partial charge in [0, 0.05) is 12.0 Å². The zero-order valence-electron chi connectivity index (χ0n) is 8.73. The molecule has 0 saturated heterocycles. The number of hydrogen-bond acceptors (Lipinski definition) is 3. The topological polar surface area (TPSA) is 52.0 Å². The number of nitrogens with zero attached hydrogens (tertiary/aromatic N) is 1. The van der Waals surface area contributed by atoms with Crippen molar-refractivity contribution in [3.63, 3.8) is 0 Å². The first kappa shape index (κ1) is 8.92. The summed E-state index contributed by atoms with van der Waals surface area (Å²) in [5.74, 6) is 1.46. The van der Waals surface area contributed by atoms with E-state index in [0.717, 1.165) is 22.6 Å². The Bertz CT molecular complexity index is 497. The predicted molar refractivity (Wildman–Crippen MR) is 58.6 cm³/mol. The average molecular weight is 202 g/mol. The van der Waals surface area contributed by atoms with Gasteiger partial charge in [0.25, 0.3) is 0 Å². The monoisotopic (exact) mass is 202 g/mol. The molecule has 0 spiro atoms. The number of rotatable bonds is 2. The Morgan fingerprint density at radius 2 is 2.27 bits per heavy atom. The van der Waals surface area contributed by atoms with Crippen LogP contribution in [-0.2, 0) is 0 Å². The second-order valence-electron chi connectivity index (χ2n) is 4.34. The Kier molecular flexibility index (Phi) is 1.83. The van der Waals surface area contributed by atoms with Crippen LogP contribution in [0.5, 0.6) is 0 Å². The Morgan fingerprint density at radius 3 is 2.93 bits per heavy atom. The second kappa shape index (κ2) is 3.07. The van der Waals surface area contributed by atoms with Crippen LogP contribution in [0.25, 0.3) is 11.1 Å². The molecule has 1 fully saturated rings. The standard InChI is InChI=1S/C12H14N2O/c1-7(13)9-4-5-11-10(6-9)14-12(15-11)8-2-3-8/h4-8H,2-3,13H2,1H3. The maximum atomic E-state index is 5.83. The van der Waals surface area contributed by atoms with E-state index < -0.39 is 0 Å². The van der Waals surface area contributed by atoms with Crippen LogP contribution in [0, 0.1) is 0 Å². The summed E-state index contributed by atoms with van der Waals surface area (Å²) in [5.41, 5.74) is 8.75. The first-order valence-corrected chi connectivity index (χ1v) is 5.40. The summed E-state index contributed by atoms with van der Waals surface area (Å²) in [6.45, 7) is 1.98. The molecule has 1 unspecified atom stereocenters. The van der Waals surface area contributed by atoms with Crippen LogP contribution in [0.1, 0.15) is 43.2 Å². The zero-order valence-corrected chi connectivity index (χ0v) is 8.73. The van der Waals surface area contributed by atoms with E-state index in [1.807, 2.05) is 25.1 Å². The lowest BCUT2D eigenvalue weighted by Crippen LogP contribution is -2.04. The quantitative estimate of drug-likeness (QED) is 0.814. The molecule has 2 aromatic rings. The molecule has 1 aliphatic rings. The van der Waals surface area contributed by atoms with Crippen molar-refractivity contribution >= 4 is 11.1 Å². The first-order chi connectivity index (χ1) is 7.24. The largest absolute Gasteiger partial charge is 0.440 e. The molecule has 0 amide bonds. The normalized spacial score (nSPS) is 18.3. The molecule has 1 saturated carbocycles. The van der Waals surface area contributed by atoms with Gasteiger partial charge < -0.3 is 10.2 Å². The van der Waals surface area contributed by atoms with Crippen LogP contribution in [-0.4, -0.2) is 4.98 Å². The molecule has 0 aliphatic heterocycles. The van der Waals surface area contributed by atoms with E-state index in [0.29, 0.717) is 5.92 Å². The lowest BCUT2D eigenvalue weighted by Gasteiger charge is -2.03. The number of aromatic nitrogens is 1. The van der Waals surface area contributed by atoms with Crippen LogP contribution < -0.4 is 5.73 Å². The van der Waals surface area contributed by atoms with Gasteiger partial charge in [-0.25, -0.2) is 4.98 Å². The molecule has 1 aliphatic carbocycles. The number of nitrogens with two attached hydrogens (primary N) is 1. The molecule has 3 heteroatoms. The second-order valence-corrected chi connectivity index (χ2v) is 4.34. The summed E-state index contributed by atoms with van der Waals surface area (Å²) in [6, 6.07) is 6.05. The van der Waals surface area contributed by atoms with E-state index >= 15 is 0 Å². The minimum Gasteiger partial charge on any atom is -0.440 e. The number of hydrogen-bond donors (Lipinski definition) is 1. The van der Waals surface area contributed by atoms with E-state index in [4.69, 9.17) is 10.2 Å². The van der Waals surface area contributed by atoms with Gasteiger partial charge in [0.05, 0.1) is 0 Å². The summed E-state index contributed by atoms with van der Waals surface area (Å²) in [6.07, 6.45) is 2.43. The fraction of sp³-hybridized carbons (Fsp3) is 0.417. The summed E-state index contributed by atoms with van der Waals surface area (Å²) in [5, 5.41) is 0. The molecule has 0 radical (unpaired) electrons. The highest BCUT2D eigenvalue weighted by molar-refractivity contribution is 5.73. The van der Waals surface area contributed by atoms with Crippen LogP contribution in [0.2, 0.25) is 0 Å². The van der Waals surface area contributed by atoms with Gasteiger partial charge in [0.15, 0.2) is 11.5 Å². The third kappa shape index (κ3) is 1.53. The van der Waals surface area contributed by atoms with Crippen LogP contribution in [0.4, 0.5) is 0 Å². The minimum atomic E-state index is 0.0514. The molecular weight excluding hydrogens is 188 g/mol. The fourth-order valence-electron chi connectivity index (χ4n) is 1.75. The smallest absolute Gasteiger partial charge is 0.198 e. The van der Waals surface area contributed by atoms with Crippen LogP contribution >= 0.6 is 0 Å². The molecular formula is C12H14N2O. The van der Waals surface area contributed by atoms with Gasteiger partial charge in [0.1, 0.15) is 5.52 Å². The van der Waals surface area contributed by atoms with Gasteiger partial charge in [-0.1, -0.05) is 6.07 Å². The number of fused-ring (bicyclic) bond motifs is 1. The van der Waals surface area contributed by atoms with E-state index in [9.17, 15) is 0 Å². The van der Waals surface area contributed by atoms with Crippen molar-refractivity contribution < 1.29 is 4.42 Å². The van der Waals surface area contributed by atoms with Crippen molar-refractivity contribution in [1.29, 1.82) is 0 Å². The van der Waals surface area contributed by atoms with Crippen molar-refractivity contribution in [2.24, 2.45) is 5.73 Å². The Balaban J connectivity index is 2.09. The van der Waals surface area contributed by atoms with Gasteiger partial charge >= 0.3 is 0 Å². The molecule has 2 N–H and O–H groups in total. The van der Waals surface area contributed by atoms with Crippen molar-refractivity contribution in [2.75, 3.05) is 0 Å². The maximum Gasteiger partial charge on any atom is 0.198 e. The number of benzene rings is 1. The van der Waals surface area contributed by atoms with Gasteiger partial charge in [-0.05, 0) is 37.5 Å². The van der Waals surface area contributed by atoms with Gasteiger partial charge in [-0.2, -0.15) is 0 Å². The lowest BCUT2D eigenvalue weighted by molar-refractivity contribution is 0.533. The van der Waals surface area contributed by atoms with Gasteiger partial charge in [0.2, 0.25) is 0 Å². The molecule has 1 aromatic carbocycles. The highest BCUT2D eigenvalue weighted by atomic mass is 16.3. The van der Waals surface area contributed by atoms with Crippen molar-refractivity contribution in [2.45, 2.75) is 31.7 Å². The minimum absolute atomic E-state index is 0.0514. The SMILES string of the molecule is CC(N)c1ccc2oc(C3CC3)nc2c1. The highest BCUT2D eigenvalue weighted by Gasteiger charge is 2.28. The highest BCUT2D eigenvalue weighted by Crippen LogP contribution is 2.40. The summed E-state index contributed by atoms with van der Waals surface area (Å²) >= 11 is 0. The Labute approximate surface area is 88.3 Å². The van der Waals surface area contributed by atoms with E-state index in [1.165, 1.54) is 12.8 Å². The van der Waals surface area contributed by atoms with Gasteiger partial charge in [-0.3, -0.25) is 0 Å². The summed E-state index contributed by atoms with van der Waals surface area (Å²) in [4.78, 5) is 4.50. The molecule has 3 nitrogen and oxygen atoms in total. The van der Waals surface area contributed by atoms with E-state index in [-0.39, 0.29) is 6.04 Å². The van der Waals surface area contributed by atoms with Gasteiger partial charge in [-0.15, -0.1) is 0 Å². The number of oxazole rings is 1.